The number of anilines is 1. The Morgan fingerprint density at radius 1 is 1.09 bits per heavy atom. The molecule has 116 valence electrons. The van der Waals surface area contributed by atoms with E-state index in [4.69, 9.17) is 4.74 Å². The molecule has 0 unspecified atom stereocenters. The van der Waals surface area contributed by atoms with Crippen LogP contribution in [-0.2, 0) is 0 Å². The third-order valence-corrected chi connectivity index (χ3v) is 2.60. The van der Waals surface area contributed by atoms with Gasteiger partial charge in [0.05, 0.1) is 0 Å². The van der Waals surface area contributed by atoms with Gasteiger partial charge in [0.1, 0.15) is 11.5 Å². The number of amides is 1. The summed E-state index contributed by atoms with van der Waals surface area (Å²) in [5, 5.41) is 2.42. The number of hydrogen-bond acceptors (Lipinski definition) is 3. The summed E-state index contributed by atoms with van der Waals surface area (Å²) in [7, 11) is 0. The van der Waals surface area contributed by atoms with E-state index in [1.54, 1.807) is 30.3 Å². The third kappa shape index (κ3) is 4.69. The van der Waals surface area contributed by atoms with E-state index in [0.29, 0.717) is 11.4 Å². The van der Waals surface area contributed by atoms with Crippen molar-refractivity contribution in [3.63, 3.8) is 0 Å². The van der Waals surface area contributed by atoms with Crippen molar-refractivity contribution < 1.29 is 27.4 Å². The molecule has 0 saturated heterocycles. The topological polar surface area (TPSA) is 47.6 Å². The molecule has 0 aromatic heterocycles. The summed E-state index contributed by atoms with van der Waals surface area (Å²) in [5.74, 6) is 0.0308. The highest BCUT2D eigenvalue weighted by atomic mass is 19.4. The zero-order valence-electron chi connectivity index (χ0n) is 11.5. The minimum absolute atomic E-state index is 0.231. The van der Waals surface area contributed by atoms with Crippen LogP contribution in [0.3, 0.4) is 0 Å². The molecule has 0 fully saturated rings. The first-order valence-corrected chi connectivity index (χ1v) is 6.24. The van der Waals surface area contributed by atoms with Gasteiger partial charge in [0.2, 0.25) is 0 Å². The lowest BCUT2D eigenvalue weighted by atomic mass is 10.2. The highest BCUT2D eigenvalue weighted by Gasteiger charge is 2.31. The zero-order chi connectivity index (χ0) is 16.2. The standard InChI is InChI=1S/C15H12F3NO3/c1-10-9-11(7-8-13(10)22-15(16,17)18)19-14(20)21-12-5-3-2-4-6-12/h2-9H,1H3,(H,19,20). The number of benzene rings is 2. The summed E-state index contributed by atoms with van der Waals surface area (Å²) in [6.45, 7) is 1.44. The number of alkyl halides is 3. The minimum Gasteiger partial charge on any atom is -0.410 e. The lowest BCUT2D eigenvalue weighted by Crippen LogP contribution is -2.18. The van der Waals surface area contributed by atoms with Crippen molar-refractivity contribution in [1.29, 1.82) is 0 Å². The van der Waals surface area contributed by atoms with Crippen LogP contribution in [0, 0.1) is 6.92 Å². The molecule has 0 radical (unpaired) electrons. The number of halogens is 3. The van der Waals surface area contributed by atoms with Crippen LogP contribution in [0.5, 0.6) is 11.5 Å². The van der Waals surface area contributed by atoms with Crippen LogP contribution < -0.4 is 14.8 Å². The maximum atomic E-state index is 12.2. The summed E-state index contributed by atoms with van der Waals surface area (Å²) in [6.07, 6.45) is -5.50. The highest BCUT2D eigenvalue weighted by molar-refractivity contribution is 5.86. The van der Waals surface area contributed by atoms with E-state index in [0.717, 1.165) is 6.07 Å². The van der Waals surface area contributed by atoms with E-state index >= 15 is 0 Å². The van der Waals surface area contributed by atoms with E-state index in [9.17, 15) is 18.0 Å². The van der Waals surface area contributed by atoms with Gasteiger partial charge in [-0.05, 0) is 42.8 Å². The van der Waals surface area contributed by atoms with E-state index in [1.165, 1.54) is 19.1 Å². The maximum absolute atomic E-state index is 12.2. The van der Waals surface area contributed by atoms with Crippen molar-refractivity contribution in [1.82, 2.24) is 0 Å². The largest absolute Gasteiger partial charge is 0.573 e. The summed E-state index contributed by atoms with van der Waals surface area (Å²) >= 11 is 0. The van der Waals surface area contributed by atoms with Crippen molar-refractivity contribution in [3.8, 4) is 11.5 Å². The fourth-order valence-corrected chi connectivity index (χ4v) is 1.71. The van der Waals surface area contributed by atoms with Gasteiger partial charge in [-0.2, -0.15) is 0 Å². The predicted molar refractivity (Wildman–Crippen MR) is 74.0 cm³/mol. The Hall–Kier alpha value is -2.70. The summed E-state index contributed by atoms with van der Waals surface area (Å²) in [4.78, 5) is 11.7. The Morgan fingerprint density at radius 2 is 1.77 bits per heavy atom. The molecule has 0 spiro atoms. The van der Waals surface area contributed by atoms with Crippen molar-refractivity contribution in [2.75, 3.05) is 5.32 Å². The van der Waals surface area contributed by atoms with Crippen LogP contribution in [0.2, 0.25) is 0 Å². The van der Waals surface area contributed by atoms with Gasteiger partial charge in [0.25, 0.3) is 0 Å². The quantitative estimate of drug-likeness (QED) is 0.907. The molecule has 22 heavy (non-hydrogen) atoms. The highest BCUT2D eigenvalue weighted by Crippen LogP contribution is 2.28. The van der Waals surface area contributed by atoms with Gasteiger partial charge < -0.3 is 9.47 Å². The summed E-state index contributed by atoms with van der Waals surface area (Å²) in [6, 6.07) is 12.2. The first kappa shape index (κ1) is 15.7. The molecule has 0 bridgehead atoms. The number of carbonyl (C=O) groups is 1. The molecule has 2 aromatic rings. The Balaban J connectivity index is 2.01. The Morgan fingerprint density at radius 3 is 2.36 bits per heavy atom. The monoisotopic (exact) mass is 311 g/mol. The normalized spacial score (nSPS) is 10.9. The minimum atomic E-state index is -4.76. The van der Waals surface area contributed by atoms with Crippen molar-refractivity contribution in [3.05, 3.63) is 54.1 Å². The number of aryl methyl sites for hydroxylation is 1. The second-order valence-electron chi connectivity index (χ2n) is 4.36. The van der Waals surface area contributed by atoms with Gasteiger partial charge in [-0.1, -0.05) is 18.2 Å². The number of carbonyl (C=O) groups excluding carboxylic acids is 1. The van der Waals surface area contributed by atoms with Crippen molar-refractivity contribution in [2.24, 2.45) is 0 Å². The van der Waals surface area contributed by atoms with Crippen LogP contribution >= 0.6 is 0 Å². The molecule has 2 rings (SSSR count). The first-order valence-electron chi connectivity index (χ1n) is 6.24. The third-order valence-electron chi connectivity index (χ3n) is 2.60. The average Bonchev–Trinajstić information content (AvgIpc) is 2.41. The van der Waals surface area contributed by atoms with E-state index < -0.39 is 12.5 Å². The second-order valence-corrected chi connectivity index (χ2v) is 4.36. The number of ether oxygens (including phenoxy) is 2. The predicted octanol–water partition coefficient (Wildman–Crippen LogP) is 4.50. The molecule has 4 nitrogen and oxygen atoms in total. The molecule has 0 aliphatic heterocycles. The first-order chi connectivity index (χ1) is 10.3. The molecule has 1 amide bonds. The molecule has 0 atom stereocenters. The average molecular weight is 311 g/mol. The van der Waals surface area contributed by atoms with Gasteiger partial charge in [0.15, 0.2) is 0 Å². The van der Waals surface area contributed by atoms with Crippen LogP contribution in [0.1, 0.15) is 5.56 Å². The molecule has 7 heteroatoms. The Labute approximate surface area is 124 Å². The number of nitrogens with one attached hydrogen (secondary N) is 1. The lowest BCUT2D eigenvalue weighted by Gasteiger charge is -2.13. The fraction of sp³-hybridized carbons (Fsp3) is 0.133. The molecular weight excluding hydrogens is 299 g/mol. The molecule has 0 saturated carbocycles. The van der Waals surface area contributed by atoms with Crippen molar-refractivity contribution >= 4 is 11.8 Å². The maximum Gasteiger partial charge on any atom is 0.573 e. The van der Waals surface area contributed by atoms with Gasteiger partial charge in [0, 0.05) is 5.69 Å². The van der Waals surface area contributed by atoms with Crippen molar-refractivity contribution in [2.45, 2.75) is 13.3 Å². The summed E-state index contributed by atoms with van der Waals surface area (Å²) < 4.78 is 45.3. The van der Waals surface area contributed by atoms with Crippen LogP contribution in [0.4, 0.5) is 23.7 Å². The number of para-hydroxylation sites is 1. The fourth-order valence-electron chi connectivity index (χ4n) is 1.71. The molecule has 1 N–H and O–H groups in total. The smallest absolute Gasteiger partial charge is 0.410 e. The van der Waals surface area contributed by atoms with Crippen LogP contribution in [0.15, 0.2) is 48.5 Å². The molecule has 0 heterocycles. The Kier molecular flexibility index (Phi) is 4.55. The van der Waals surface area contributed by atoms with Gasteiger partial charge in [-0.15, -0.1) is 13.2 Å². The van der Waals surface area contributed by atoms with E-state index in [1.807, 2.05) is 0 Å². The number of rotatable bonds is 3. The zero-order valence-corrected chi connectivity index (χ0v) is 11.5. The second kappa shape index (κ2) is 6.38. The number of hydrogen-bond donors (Lipinski definition) is 1. The van der Waals surface area contributed by atoms with Gasteiger partial charge >= 0.3 is 12.5 Å². The van der Waals surface area contributed by atoms with Gasteiger partial charge in [-0.25, -0.2) is 4.79 Å². The molecule has 2 aromatic carbocycles. The molecular formula is C15H12F3NO3. The SMILES string of the molecule is Cc1cc(NC(=O)Oc2ccccc2)ccc1OC(F)(F)F. The van der Waals surface area contributed by atoms with Crippen LogP contribution in [-0.4, -0.2) is 12.5 Å². The van der Waals surface area contributed by atoms with E-state index in [2.05, 4.69) is 10.1 Å². The summed E-state index contributed by atoms with van der Waals surface area (Å²) in [5.41, 5.74) is 0.530. The van der Waals surface area contributed by atoms with E-state index in [-0.39, 0.29) is 11.3 Å². The van der Waals surface area contributed by atoms with Crippen LogP contribution in [0.25, 0.3) is 0 Å². The van der Waals surface area contributed by atoms with Gasteiger partial charge in [-0.3, -0.25) is 5.32 Å². The molecule has 0 aliphatic carbocycles. The molecule has 0 aliphatic rings. The Bertz CT molecular complexity index is 657. The lowest BCUT2D eigenvalue weighted by molar-refractivity contribution is -0.274.